The van der Waals surface area contributed by atoms with Gasteiger partial charge in [0.05, 0.1) is 11.3 Å². The predicted octanol–water partition coefficient (Wildman–Crippen LogP) is 2.24. The lowest BCUT2D eigenvalue weighted by atomic mass is 9.90. The number of benzene rings is 1. The first-order chi connectivity index (χ1) is 9.69. The summed E-state index contributed by atoms with van der Waals surface area (Å²) in [5, 5.41) is 11.7. The summed E-state index contributed by atoms with van der Waals surface area (Å²) in [4.78, 5) is 14.4. The Hall–Kier alpha value is -1.62. The molecule has 20 heavy (non-hydrogen) atoms. The smallest absolute Gasteiger partial charge is 0.256 e. The van der Waals surface area contributed by atoms with Crippen LogP contribution in [0.1, 0.15) is 36.0 Å². The number of para-hydroxylation sites is 1. The SMILES string of the molecule is CNc1c(F)cccc1C(=O)N(CCCO)C1CCC1. The monoisotopic (exact) mass is 280 g/mol. The number of carbonyl (C=O) groups is 1. The molecule has 0 spiro atoms. The van der Waals surface area contributed by atoms with Gasteiger partial charge in [-0.3, -0.25) is 4.79 Å². The molecule has 0 heterocycles. The molecule has 1 amide bonds. The van der Waals surface area contributed by atoms with Crippen LogP contribution in [0, 0.1) is 5.82 Å². The number of amides is 1. The van der Waals surface area contributed by atoms with Crippen molar-refractivity contribution in [2.75, 3.05) is 25.5 Å². The standard InChI is InChI=1S/C15H21FN2O2/c1-17-14-12(7-3-8-13(14)16)15(20)18(9-4-10-19)11-5-2-6-11/h3,7-8,11,17,19H,2,4-6,9-10H2,1H3. The fourth-order valence-electron chi connectivity index (χ4n) is 2.50. The van der Waals surface area contributed by atoms with Gasteiger partial charge in [-0.2, -0.15) is 0 Å². The van der Waals surface area contributed by atoms with Crippen LogP contribution in [-0.2, 0) is 0 Å². The van der Waals surface area contributed by atoms with Crippen LogP contribution in [0.2, 0.25) is 0 Å². The summed E-state index contributed by atoms with van der Waals surface area (Å²) in [6.07, 6.45) is 3.64. The molecule has 0 atom stereocenters. The Morgan fingerprint density at radius 2 is 2.25 bits per heavy atom. The highest BCUT2D eigenvalue weighted by molar-refractivity contribution is 6.00. The number of rotatable bonds is 6. The molecule has 1 fully saturated rings. The van der Waals surface area contributed by atoms with E-state index in [1.165, 1.54) is 6.07 Å². The van der Waals surface area contributed by atoms with Gasteiger partial charge in [0.1, 0.15) is 5.82 Å². The normalized spacial score (nSPS) is 14.8. The summed E-state index contributed by atoms with van der Waals surface area (Å²) < 4.78 is 13.7. The quantitative estimate of drug-likeness (QED) is 0.840. The van der Waals surface area contributed by atoms with Gasteiger partial charge in [0.2, 0.25) is 0 Å². The minimum atomic E-state index is -0.422. The van der Waals surface area contributed by atoms with E-state index in [1.54, 1.807) is 24.1 Å². The predicted molar refractivity (Wildman–Crippen MR) is 76.3 cm³/mol. The maximum absolute atomic E-state index is 13.7. The fourth-order valence-corrected chi connectivity index (χ4v) is 2.50. The van der Waals surface area contributed by atoms with Crippen molar-refractivity contribution in [3.63, 3.8) is 0 Å². The lowest BCUT2D eigenvalue weighted by molar-refractivity contribution is 0.0563. The molecular formula is C15H21FN2O2. The average Bonchev–Trinajstić information content (AvgIpc) is 2.40. The van der Waals surface area contributed by atoms with Crippen molar-refractivity contribution < 1.29 is 14.3 Å². The first-order valence-electron chi connectivity index (χ1n) is 7.07. The van der Waals surface area contributed by atoms with Crippen LogP contribution < -0.4 is 5.32 Å². The van der Waals surface area contributed by atoms with E-state index in [2.05, 4.69) is 5.32 Å². The highest BCUT2D eigenvalue weighted by Crippen LogP contribution is 2.28. The number of aliphatic hydroxyl groups is 1. The van der Waals surface area contributed by atoms with Crippen molar-refractivity contribution in [1.29, 1.82) is 0 Å². The number of hydrogen-bond donors (Lipinski definition) is 2. The molecule has 1 aromatic carbocycles. The van der Waals surface area contributed by atoms with Gasteiger partial charge < -0.3 is 15.3 Å². The summed E-state index contributed by atoms with van der Waals surface area (Å²) in [6, 6.07) is 4.75. The largest absolute Gasteiger partial charge is 0.396 e. The third-order valence-corrected chi connectivity index (χ3v) is 3.83. The van der Waals surface area contributed by atoms with Gasteiger partial charge in [0, 0.05) is 26.2 Å². The zero-order valence-corrected chi connectivity index (χ0v) is 11.7. The van der Waals surface area contributed by atoms with Gasteiger partial charge in [-0.15, -0.1) is 0 Å². The number of halogens is 1. The molecule has 0 aromatic heterocycles. The molecule has 1 saturated carbocycles. The molecule has 4 nitrogen and oxygen atoms in total. The molecule has 1 aliphatic rings. The third kappa shape index (κ3) is 2.93. The molecule has 1 aromatic rings. The van der Waals surface area contributed by atoms with E-state index in [-0.39, 0.29) is 24.2 Å². The molecule has 0 saturated heterocycles. The minimum absolute atomic E-state index is 0.0541. The number of carbonyl (C=O) groups excluding carboxylic acids is 1. The lowest BCUT2D eigenvalue weighted by Gasteiger charge is -2.38. The maximum atomic E-state index is 13.7. The van der Waals surface area contributed by atoms with Crippen LogP contribution in [0.15, 0.2) is 18.2 Å². The number of anilines is 1. The molecule has 0 bridgehead atoms. The third-order valence-electron chi connectivity index (χ3n) is 3.83. The molecule has 1 aliphatic carbocycles. The molecule has 2 N–H and O–H groups in total. The van der Waals surface area contributed by atoms with Gasteiger partial charge in [-0.05, 0) is 37.8 Å². The van der Waals surface area contributed by atoms with E-state index in [4.69, 9.17) is 5.11 Å². The summed E-state index contributed by atoms with van der Waals surface area (Å²) in [6.45, 7) is 0.568. The van der Waals surface area contributed by atoms with E-state index in [0.29, 0.717) is 18.5 Å². The number of nitrogens with zero attached hydrogens (tertiary/aromatic N) is 1. The van der Waals surface area contributed by atoms with Gasteiger partial charge in [-0.1, -0.05) is 6.07 Å². The highest BCUT2D eigenvalue weighted by atomic mass is 19.1. The Morgan fingerprint density at radius 1 is 1.50 bits per heavy atom. The average molecular weight is 280 g/mol. The van der Waals surface area contributed by atoms with Gasteiger partial charge in [-0.25, -0.2) is 4.39 Å². The van der Waals surface area contributed by atoms with Crippen LogP contribution in [0.4, 0.5) is 10.1 Å². The summed E-state index contributed by atoms with van der Waals surface area (Å²) in [5.74, 6) is -0.582. The van der Waals surface area contributed by atoms with Gasteiger partial charge in [0.15, 0.2) is 0 Å². The van der Waals surface area contributed by atoms with Crippen molar-refractivity contribution in [2.24, 2.45) is 0 Å². The second-order valence-corrected chi connectivity index (χ2v) is 5.07. The number of aliphatic hydroxyl groups excluding tert-OH is 1. The van der Waals surface area contributed by atoms with Crippen LogP contribution in [0.25, 0.3) is 0 Å². The topological polar surface area (TPSA) is 52.6 Å². The lowest BCUT2D eigenvalue weighted by Crippen LogP contribution is -2.45. The number of nitrogens with one attached hydrogen (secondary N) is 1. The minimum Gasteiger partial charge on any atom is -0.396 e. The van der Waals surface area contributed by atoms with Crippen LogP contribution in [0.3, 0.4) is 0 Å². The molecule has 0 unspecified atom stereocenters. The Balaban J connectivity index is 2.24. The van der Waals surface area contributed by atoms with E-state index in [9.17, 15) is 9.18 Å². The van der Waals surface area contributed by atoms with Crippen molar-refractivity contribution >= 4 is 11.6 Å². The van der Waals surface area contributed by atoms with Crippen LogP contribution in [0.5, 0.6) is 0 Å². The first-order valence-corrected chi connectivity index (χ1v) is 7.07. The molecule has 110 valence electrons. The van der Waals surface area contributed by atoms with E-state index < -0.39 is 5.82 Å². The maximum Gasteiger partial charge on any atom is 0.256 e. The molecule has 0 aliphatic heterocycles. The fraction of sp³-hybridized carbons (Fsp3) is 0.533. The van der Waals surface area contributed by atoms with Gasteiger partial charge >= 0.3 is 0 Å². The summed E-state index contributed by atoms with van der Waals surface area (Å²) in [5.41, 5.74) is 0.600. The highest BCUT2D eigenvalue weighted by Gasteiger charge is 2.30. The van der Waals surface area contributed by atoms with Crippen LogP contribution >= 0.6 is 0 Å². The summed E-state index contributed by atoms with van der Waals surface area (Å²) in [7, 11) is 1.61. The summed E-state index contributed by atoms with van der Waals surface area (Å²) >= 11 is 0. The van der Waals surface area contributed by atoms with Crippen molar-refractivity contribution in [1.82, 2.24) is 4.90 Å². The Morgan fingerprint density at radius 3 is 2.80 bits per heavy atom. The molecule has 2 rings (SSSR count). The van der Waals surface area contributed by atoms with Crippen molar-refractivity contribution in [2.45, 2.75) is 31.7 Å². The number of hydrogen-bond acceptors (Lipinski definition) is 3. The van der Waals surface area contributed by atoms with Crippen molar-refractivity contribution in [3.05, 3.63) is 29.6 Å². The second kappa shape index (κ2) is 6.70. The first kappa shape index (κ1) is 14.8. The molecule has 0 radical (unpaired) electrons. The van der Waals surface area contributed by atoms with Gasteiger partial charge in [0.25, 0.3) is 5.91 Å². The van der Waals surface area contributed by atoms with Crippen LogP contribution in [-0.4, -0.2) is 42.2 Å². The second-order valence-electron chi connectivity index (χ2n) is 5.07. The van der Waals surface area contributed by atoms with E-state index in [0.717, 1.165) is 19.3 Å². The molecule has 5 heteroatoms. The zero-order chi connectivity index (χ0) is 14.5. The Bertz CT molecular complexity index is 475. The van der Waals surface area contributed by atoms with E-state index in [1.807, 2.05) is 0 Å². The van der Waals surface area contributed by atoms with Crippen molar-refractivity contribution in [3.8, 4) is 0 Å². The zero-order valence-electron chi connectivity index (χ0n) is 11.7. The Kier molecular flexibility index (Phi) is 4.95. The molecular weight excluding hydrogens is 259 g/mol. The van der Waals surface area contributed by atoms with E-state index >= 15 is 0 Å². The Labute approximate surface area is 118 Å².